The van der Waals surface area contributed by atoms with Crippen LogP contribution >= 0.6 is 0 Å². The number of allylic oxidation sites excluding steroid dienone is 1. The molecular formula is C9H13N3O3. The highest BCUT2D eigenvalue weighted by Crippen LogP contribution is 2.18. The van der Waals surface area contributed by atoms with Crippen LogP contribution in [0.2, 0.25) is 0 Å². The Morgan fingerprint density at radius 3 is 2.80 bits per heavy atom. The van der Waals surface area contributed by atoms with Crippen molar-refractivity contribution in [3.8, 4) is 0 Å². The third-order valence-corrected chi connectivity index (χ3v) is 2.55. The molecule has 82 valence electrons. The quantitative estimate of drug-likeness (QED) is 0.476. The lowest BCUT2D eigenvalue weighted by Gasteiger charge is -2.31. The highest BCUT2D eigenvalue weighted by atomic mass is 16.3. The number of amides is 2. The zero-order chi connectivity index (χ0) is 11.0. The largest absolute Gasteiger partial charge is 0.356 e. The van der Waals surface area contributed by atoms with Crippen LogP contribution in [0.25, 0.3) is 0 Å². The number of aliphatic hydroxyl groups excluding tert-OH is 1. The zero-order valence-electron chi connectivity index (χ0n) is 8.36. The summed E-state index contributed by atoms with van der Waals surface area (Å²) in [6.07, 6.45) is 1.55. The second-order valence-corrected chi connectivity index (χ2v) is 3.74. The molecule has 1 saturated heterocycles. The van der Waals surface area contributed by atoms with E-state index in [1.54, 1.807) is 13.1 Å². The summed E-state index contributed by atoms with van der Waals surface area (Å²) in [4.78, 5) is 24.0. The molecule has 0 bridgehead atoms. The summed E-state index contributed by atoms with van der Waals surface area (Å²) in [6, 6.07) is -0.470. The number of piperidine rings is 1. The fourth-order valence-electron chi connectivity index (χ4n) is 1.84. The third kappa shape index (κ3) is 1.80. The van der Waals surface area contributed by atoms with Crippen molar-refractivity contribution in [2.45, 2.75) is 32.2 Å². The average molecular weight is 211 g/mol. The minimum absolute atomic E-state index is 0.251. The molecule has 0 aliphatic carbocycles. The van der Waals surface area contributed by atoms with Crippen molar-refractivity contribution in [3.05, 3.63) is 11.9 Å². The number of hydrogen-bond donors (Lipinski definition) is 3. The van der Waals surface area contributed by atoms with Crippen LogP contribution in [-0.4, -0.2) is 34.2 Å². The molecule has 15 heavy (non-hydrogen) atoms. The summed E-state index contributed by atoms with van der Waals surface area (Å²) in [6.45, 7) is 1.80. The molecule has 2 heterocycles. The predicted molar refractivity (Wildman–Crippen MR) is 50.9 cm³/mol. The molecular weight excluding hydrogens is 198 g/mol. The van der Waals surface area contributed by atoms with Crippen LogP contribution in [0.3, 0.4) is 0 Å². The fourth-order valence-corrected chi connectivity index (χ4v) is 1.84. The summed E-state index contributed by atoms with van der Waals surface area (Å²) in [5.41, 5.74) is 0.798. The Balaban J connectivity index is 2.11. The van der Waals surface area contributed by atoms with E-state index in [4.69, 9.17) is 0 Å². The number of carbonyl (C=O) groups is 2. The molecule has 6 nitrogen and oxygen atoms in total. The standard InChI is InChI=1S/C9H13N3O3/c1-5-4-12(9(15)10-5)6-2-3-7(13)11-8(6)14/h4,6,9-10,15H,2-3H2,1H3,(H,11,13,14). The molecule has 0 radical (unpaired) electrons. The van der Waals surface area contributed by atoms with E-state index in [0.717, 1.165) is 5.70 Å². The van der Waals surface area contributed by atoms with Gasteiger partial charge in [-0.15, -0.1) is 0 Å². The van der Waals surface area contributed by atoms with Crippen molar-refractivity contribution >= 4 is 11.8 Å². The van der Waals surface area contributed by atoms with Gasteiger partial charge >= 0.3 is 0 Å². The number of nitrogens with one attached hydrogen (secondary N) is 2. The van der Waals surface area contributed by atoms with Crippen LogP contribution in [0, 0.1) is 0 Å². The zero-order valence-corrected chi connectivity index (χ0v) is 8.36. The SMILES string of the molecule is CC1=CN(C2CCC(=O)NC2=O)C(O)N1. The van der Waals surface area contributed by atoms with Gasteiger partial charge in [-0.1, -0.05) is 0 Å². The van der Waals surface area contributed by atoms with Crippen molar-refractivity contribution in [1.29, 1.82) is 0 Å². The summed E-state index contributed by atoms with van der Waals surface area (Å²) in [5, 5.41) is 14.6. The Labute approximate surface area is 86.9 Å². The monoisotopic (exact) mass is 211 g/mol. The number of hydrogen-bond acceptors (Lipinski definition) is 5. The van der Waals surface area contributed by atoms with Crippen molar-refractivity contribution < 1.29 is 14.7 Å². The highest BCUT2D eigenvalue weighted by molar-refractivity contribution is 6.00. The third-order valence-electron chi connectivity index (χ3n) is 2.55. The molecule has 0 aromatic heterocycles. The van der Waals surface area contributed by atoms with E-state index < -0.39 is 12.4 Å². The van der Waals surface area contributed by atoms with E-state index in [9.17, 15) is 14.7 Å². The van der Waals surface area contributed by atoms with Crippen LogP contribution in [0.1, 0.15) is 19.8 Å². The molecule has 2 amide bonds. The molecule has 0 aromatic carbocycles. The maximum absolute atomic E-state index is 11.5. The van der Waals surface area contributed by atoms with Gasteiger partial charge in [0, 0.05) is 18.3 Å². The molecule has 2 unspecified atom stereocenters. The molecule has 6 heteroatoms. The second-order valence-electron chi connectivity index (χ2n) is 3.74. The van der Waals surface area contributed by atoms with E-state index in [1.165, 1.54) is 4.90 Å². The first kappa shape index (κ1) is 9.97. The number of nitrogens with zero attached hydrogens (tertiary/aromatic N) is 1. The molecule has 0 saturated carbocycles. The van der Waals surface area contributed by atoms with Gasteiger partial charge in [-0.2, -0.15) is 0 Å². The minimum atomic E-state index is -0.881. The van der Waals surface area contributed by atoms with E-state index >= 15 is 0 Å². The molecule has 1 fully saturated rings. The van der Waals surface area contributed by atoms with E-state index in [0.29, 0.717) is 12.8 Å². The Kier molecular flexibility index (Phi) is 2.36. The summed E-state index contributed by atoms with van der Waals surface area (Å²) in [5.74, 6) is -0.600. The molecule has 0 aromatic rings. The van der Waals surface area contributed by atoms with Crippen LogP contribution in [0.15, 0.2) is 11.9 Å². The molecule has 2 atom stereocenters. The van der Waals surface area contributed by atoms with Gasteiger partial charge in [-0.25, -0.2) is 0 Å². The molecule has 0 spiro atoms. The molecule has 2 rings (SSSR count). The van der Waals surface area contributed by atoms with Gasteiger partial charge in [-0.3, -0.25) is 14.9 Å². The first-order valence-corrected chi connectivity index (χ1v) is 4.82. The molecule has 2 aliphatic heterocycles. The smallest absolute Gasteiger partial charge is 0.249 e. The van der Waals surface area contributed by atoms with Crippen LogP contribution < -0.4 is 10.6 Å². The lowest BCUT2D eigenvalue weighted by Crippen LogP contribution is -2.54. The fraction of sp³-hybridized carbons (Fsp3) is 0.556. The maximum Gasteiger partial charge on any atom is 0.249 e. The summed E-state index contributed by atoms with van der Waals surface area (Å²) in [7, 11) is 0. The Morgan fingerprint density at radius 1 is 1.53 bits per heavy atom. The van der Waals surface area contributed by atoms with Crippen molar-refractivity contribution in [2.75, 3.05) is 0 Å². The Morgan fingerprint density at radius 2 is 2.27 bits per heavy atom. The number of aliphatic hydroxyl groups is 1. The molecule has 2 aliphatic rings. The van der Waals surface area contributed by atoms with Gasteiger partial charge in [0.1, 0.15) is 6.04 Å². The van der Waals surface area contributed by atoms with Gasteiger partial charge in [0.05, 0.1) is 0 Å². The van der Waals surface area contributed by atoms with Gasteiger partial charge in [0.15, 0.2) is 0 Å². The van der Waals surface area contributed by atoms with Gasteiger partial charge in [-0.05, 0) is 13.3 Å². The minimum Gasteiger partial charge on any atom is -0.356 e. The van der Waals surface area contributed by atoms with Crippen LogP contribution in [0.4, 0.5) is 0 Å². The Bertz CT molecular complexity index is 339. The van der Waals surface area contributed by atoms with E-state index in [-0.39, 0.29) is 11.8 Å². The Hall–Kier alpha value is -1.56. The second kappa shape index (κ2) is 3.54. The van der Waals surface area contributed by atoms with Crippen molar-refractivity contribution in [3.63, 3.8) is 0 Å². The number of rotatable bonds is 1. The first-order valence-electron chi connectivity index (χ1n) is 4.82. The van der Waals surface area contributed by atoms with Crippen LogP contribution in [-0.2, 0) is 9.59 Å². The predicted octanol–water partition coefficient (Wildman–Crippen LogP) is -1.17. The lowest BCUT2D eigenvalue weighted by molar-refractivity contribution is -0.139. The van der Waals surface area contributed by atoms with Gasteiger partial charge < -0.3 is 15.3 Å². The normalized spacial score (nSPS) is 31.1. The number of carbonyl (C=O) groups excluding carboxylic acids is 2. The highest BCUT2D eigenvalue weighted by Gasteiger charge is 2.35. The lowest BCUT2D eigenvalue weighted by atomic mass is 10.1. The summed E-state index contributed by atoms with van der Waals surface area (Å²) < 4.78 is 0. The first-order chi connectivity index (χ1) is 7.08. The maximum atomic E-state index is 11.5. The summed E-state index contributed by atoms with van der Waals surface area (Å²) >= 11 is 0. The van der Waals surface area contributed by atoms with Crippen molar-refractivity contribution in [1.82, 2.24) is 15.5 Å². The van der Waals surface area contributed by atoms with Gasteiger partial charge in [0.2, 0.25) is 18.2 Å². The number of imide groups is 1. The van der Waals surface area contributed by atoms with E-state index in [2.05, 4.69) is 10.6 Å². The van der Waals surface area contributed by atoms with Gasteiger partial charge in [0.25, 0.3) is 0 Å². The van der Waals surface area contributed by atoms with E-state index in [1.807, 2.05) is 0 Å². The molecule has 3 N–H and O–H groups in total. The van der Waals surface area contributed by atoms with Crippen molar-refractivity contribution in [2.24, 2.45) is 0 Å². The van der Waals surface area contributed by atoms with Crippen LogP contribution in [0.5, 0.6) is 0 Å². The topological polar surface area (TPSA) is 81.7 Å². The average Bonchev–Trinajstić information content (AvgIpc) is 2.45.